The molecule has 1 fully saturated rings. The second kappa shape index (κ2) is 6.77. The first kappa shape index (κ1) is 14.8. The van der Waals surface area contributed by atoms with E-state index in [1.54, 1.807) is 6.20 Å². The third kappa shape index (κ3) is 3.55. The molecule has 1 aliphatic heterocycles. The third-order valence-electron chi connectivity index (χ3n) is 4.04. The fraction of sp³-hybridized carbons (Fsp3) is 0.562. The van der Waals surface area contributed by atoms with Crippen LogP contribution in [-0.2, 0) is 6.54 Å². The molecule has 118 valence electrons. The van der Waals surface area contributed by atoms with Crippen molar-refractivity contribution >= 4 is 5.82 Å². The molecule has 0 aliphatic carbocycles. The summed E-state index contributed by atoms with van der Waals surface area (Å²) in [5, 5.41) is 4.38. The summed E-state index contributed by atoms with van der Waals surface area (Å²) < 4.78 is 7.49. The molecule has 1 saturated heterocycles. The zero-order chi connectivity index (χ0) is 15.4. The second-order valence-electron chi connectivity index (χ2n) is 5.82. The Balaban J connectivity index is 1.56. The summed E-state index contributed by atoms with van der Waals surface area (Å²) in [6.07, 6.45) is 9.83. The van der Waals surface area contributed by atoms with Crippen molar-refractivity contribution in [3.8, 4) is 5.88 Å². The lowest BCUT2D eigenvalue weighted by molar-refractivity contribution is 0.322. The predicted molar refractivity (Wildman–Crippen MR) is 85.1 cm³/mol. The van der Waals surface area contributed by atoms with E-state index in [1.165, 1.54) is 5.56 Å². The summed E-state index contributed by atoms with van der Waals surface area (Å²) in [6, 6.07) is 0. The van der Waals surface area contributed by atoms with Crippen molar-refractivity contribution in [1.29, 1.82) is 0 Å². The Labute approximate surface area is 131 Å². The van der Waals surface area contributed by atoms with Crippen LogP contribution in [0.2, 0.25) is 0 Å². The number of aromatic nitrogens is 4. The molecule has 6 nitrogen and oxygen atoms in total. The normalized spacial score (nSPS) is 16.0. The van der Waals surface area contributed by atoms with Crippen molar-refractivity contribution in [1.82, 2.24) is 19.7 Å². The molecule has 0 amide bonds. The minimum atomic E-state index is 0.606. The summed E-state index contributed by atoms with van der Waals surface area (Å²) in [4.78, 5) is 11.0. The topological polar surface area (TPSA) is 56.1 Å². The lowest BCUT2D eigenvalue weighted by Crippen LogP contribution is -2.35. The highest BCUT2D eigenvalue weighted by Crippen LogP contribution is 2.23. The summed E-state index contributed by atoms with van der Waals surface area (Å²) in [5.41, 5.74) is 1.22. The van der Waals surface area contributed by atoms with E-state index >= 15 is 0 Å². The Hall–Kier alpha value is -2.11. The van der Waals surface area contributed by atoms with E-state index in [9.17, 15) is 0 Å². The Morgan fingerprint density at radius 1 is 1.23 bits per heavy atom. The van der Waals surface area contributed by atoms with Gasteiger partial charge in [0.05, 0.1) is 25.2 Å². The molecule has 3 rings (SSSR count). The SMILES string of the molecule is CCOc1cncc(N2CCC(Cn3cc(C)cn3)CC2)n1. The largest absolute Gasteiger partial charge is 0.477 e. The molecule has 0 N–H and O–H groups in total. The molecule has 0 saturated carbocycles. The van der Waals surface area contributed by atoms with Crippen LogP contribution in [0.5, 0.6) is 5.88 Å². The number of aryl methyl sites for hydroxylation is 1. The average molecular weight is 301 g/mol. The van der Waals surface area contributed by atoms with E-state index in [4.69, 9.17) is 4.74 Å². The molecule has 0 radical (unpaired) electrons. The van der Waals surface area contributed by atoms with Crippen molar-refractivity contribution in [3.05, 3.63) is 30.4 Å². The molecule has 0 spiro atoms. The Bertz CT molecular complexity index is 604. The van der Waals surface area contributed by atoms with Gasteiger partial charge in [-0.15, -0.1) is 0 Å². The zero-order valence-electron chi connectivity index (χ0n) is 13.3. The van der Waals surface area contributed by atoms with Crippen LogP contribution in [0.1, 0.15) is 25.3 Å². The molecule has 3 heterocycles. The molecule has 2 aromatic rings. The number of anilines is 1. The van der Waals surface area contributed by atoms with Crippen LogP contribution in [0.3, 0.4) is 0 Å². The molecule has 0 bridgehead atoms. The zero-order valence-corrected chi connectivity index (χ0v) is 13.3. The first-order chi connectivity index (χ1) is 10.7. The van der Waals surface area contributed by atoms with Gasteiger partial charge in [0.1, 0.15) is 0 Å². The van der Waals surface area contributed by atoms with Crippen LogP contribution >= 0.6 is 0 Å². The molecule has 1 aliphatic rings. The van der Waals surface area contributed by atoms with E-state index in [2.05, 4.69) is 37.8 Å². The van der Waals surface area contributed by atoms with E-state index < -0.39 is 0 Å². The number of hydrogen-bond acceptors (Lipinski definition) is 5. The van der Waals surface area contributed by atoms with E-state index in [0.717, 1.165) is 38.3 Å². The van der Waals surface area contributed by atoms with Gasteiger partial charge in [-0.3, -0.25) is 9.67 Å². The van der Waals surface area contributed by atoms with Crippen molar-refractivity contribution in [2.75, 3.05) is 24.6 Å². The van der Waals surface area contributed by atoms with Crippen molar-refractivity contribution in [2.45, 2.75) is 33.2 Å². The van der Waals surface area contributed by atoms with E-state index in [-0.39, 0.29) is 0 Å². The van der Waals surface area contributed by atoms with Gasteiger partial charge in [0.2, 0.25) is 5.88 Å². The second-order valence-corrected chi connectivity index (χ2v) is 5.82. The van der Waals surface area contributed by atoms with E-state index in [1.807, 2.05) is 19.3 Å². The highest BCUT2D eigenvalue weighted by atomic mass is 16.5. The van der Waals surface area contributed by atoms with Gasteiger partial charge in [0.15, 0.2) is 5.82 Å². The summed E-state index contributed by atoms with van der Waals surface area (Å²) >= 11 is 0. The highest BCUT2D eigenvalue weighted by molar-refractivity contribution is 5.37. The maximum atomic E-state index is 5.43. The quantitative estimate of drug-likeness (QED) is 0.848. The Morgan fingerprint density at radius 3 is 2.73 bits per heavy atom. The number of nitrogens with zero attached hydrogens (tertiary/aromatic N) is 5. The first-order valence-electron chi connectivity index (χ1n) is 7.93. The number of ether oxygens (including phenoxy) is 1. The lowest BCUT2D eigenvalue weighted by atomic mass is 9.97. The predicted octanol–water partition coefficient (Wildman–Crippen LogP) is 2.30. The number of rotatable bonds is 5. The monoisotopic (exact) mass is 301 g/mol. The molecule has 2 aromatic heterocycles. The van der Waals surface area contributed by atoms with Gasteiger partial charge in [-0.05, 0) is 38.2 Å². The Morgan fingerprint density at radius 2 is 2.05 bits per heavy atom. The van der Waals surface area contributed by atoms with Gasteiger partial charge >= 0.3 is 0 Å². The average Bonchev–Trinajstić information content (AvgIpc) is 2.94. The van der Waals surface area contributed by atoms with Gasteiger partial charge in [-0.25, -0.2) is 0 Å². The van der Waals surface area contributed by atoms with Gasteiger partial charge in [-0.2, -0.15) is 10.1 Å². The van der Waals surface area contributed by atoms with Gasteiger partial charge < -0.3 is 9.64 Å². The molecule has 22 heavy (non-hydrogen) atoms. The smallest absolute Gasteiger partial charge is 0.234 e. The van der Waals surface area contributed by atoms with Crippen LogP contribution in [0.4, 0.5) is 5.82 Å². The molecule has 0 atom stereocenters. The summed E-state index contributed by atoms with van der Waals surface area (Å²) in [6.45, 7) is 7.67. The fourth-order valence-electron chi connectivity index (χ4n) is 2.88. The van der Waals surface area contributed by atoms with Crippen molar-refractivity contribution in [2.24, 2.45) is 5.92 Å². The Kier molecular flexibility index (Phi) is 4.56. The fourth-order valence-corrected chi connectivity index (χ4v) is 2.88. The van der Waals surface area contributed by atoms with Gasteiger partial charge in [0, 0.05) is 25.8 Å². The van der Waals surface area contributed by atoms with E-state index in [0.29, 0.717) is 18.4 Å². The number of hydrogen-bond donors (Lipinski definition) is 0. The van der Waals surface area contributed by atoms with Gasteiger partial charge in [-0.1, -0.05) is 0 Å². The summed E-state index contributed by atoms with van der Waals surface area (Å²) in [5.74, 6) is 2.20. The standard InChI is InChI=1S/C16H23N5O/c1-3-22-16-10-17-9-15(19-16)20-6-4-14(5-7-20)12-21-11-13(2)8-18-21/h8-11,14H,3-7,12H2,1-2H3. The van der Waals surface area contributed by atoms with Crippen LogP contribution in [-0.4, -0.2) is 39.4 Å². The minimum absolute atomic E-state index is 0.606. The molecule has 6 heteroatoms. The van der Waals surface area contributed by atoms with Crippen LogP contribution < -0.4 is 9.64 Å². The molecular weight excluding hydrogens is 278 g/mol. The van der Waals surface area contributed by atoms with Gasteiger partial charge in [0.25, 0.3) is 0 Å². The molecule has 0 unspecified atom stereocenters. The molecule has 0 aromatic carbocycles. The summed E-state index contributed by atoms with van der Waals surface area (Å²) in [7, 11) is 0. The third-order valence-corrected chi connectivity index (χ3v) is 4.04. The van der Waals surface area contributed by atoms with Crippen LogP contribution in [0.15, 0.2) is 24.8 Å². The van der Waals surface area contributed by atoms with Crippen molar-refractivity contribution in [3.63, 3.8) is 0 Å². The van der Waals surface area contributed by atoms with Crippen LogP contribution in [0, 0.1) is 12.8 Å². The lowest BCUT2D eigenvalue weighted by Gasteiger charge is -2.32. The maximum Gasteiger partial charge on any atom is 0.234 e. The minimum Gasteiger partial charge on any atom is -0.477 e. The van der Waals surface area contributed by atoms with Crippen LogP contribution in [0.25, 0.3) is 0 Å². The maximum absolute atomic E-state index is 5.43. The number of piperidine rings is 1. The van der Waals surface area contributed by atoms with Crippen molar-refractivity contribution < 1.29 is 4.74 Å². The first-order valence-corrected chi connectivity index (χ1v) is 7.93. The highest BCUT2D eigenvalue weighted by Gasteiger charge is 2.21. The molecular formula is C16H23N5O.